The van der Waals surface area contributed by atoms with Crippen LogP contribution in [0.4, 0.5) is 5.69 Å². The van der Waals surface area contributed by atoms with Crippen molar-refractivity contribution in [2.75, 3.05) is 11.0 Å². The molecule has 0 spiro atoms. The Balaban J connectivity index is 1.56. The lowest BCUT2D eigenvalue weighted by Gasteiger charge is -2.22. The highest BCUT2D eigenvalue weighted by molar-refractivity contribution is 7.92. The van der Waals surface area contributed by atoms with E-state index < -0.39 is 10.0 Å². The summed E-state index contributed by atoms with van der Waals surface area (Å²) in [4.78, 5) is 0. The minimum Gasteiger partial charge on any atom is -0.284 e. The normalized spacial score (nSPS) is 15.2. The zero-order valence-corrected chi connectivity index (χ0v) is 19.5. The summed E-state index contributed by atoms with van der Waals surface area (Å²) in [6.07, 6.45) is 4.03. The first-order valence-corrected chi connectivity index (χ1v) is 13.2. The molecule has 166 valence electrons. The van der Waals surface area contributed by atoms with Crippen molar-refractivity contribution in [3.05, 3.63) is 125 Å². The fourth-order valence-corrected chi connectivity index (χ4v) is 5.50. The second-order valence-electron chi connectivity index (χ2n) is 8.81. The summed E-state index contributed by atoms with van der Waals surface area (Å²) in [6, 6.07) is 33.9. The van der Waals surface area contributed by atoms with Gasteiger partial charge >= 0.3 is 0 Å². The van der Waals surface area contributed by atoms with Crippen molar-refractivity contribution >= 4 is 15.7 Å². The number of aryl methyl sites for hydroxylation is 2. The molecular weight excluding hydrogens is 426 g/mol. The third-order valence-electron chi connectivity index (χ3n) is 6.39. The second kappa shape index (κ2) is 8.87. The van der Waals surface area contributed by atoms with E-state index in [0.29, 0.717) is 5.69 Å². The molecule has 5 rings (SSSR count). The van der Waals surface area contributed by atoms with Crippen LogP contribution in [0.3, 0.4) is 0 Å². The number of hydrogen-bond donors (Lipinski definition) is 1. The van der Waals surface area contributed by atoms with Crippen molar-refractivity contribution in [3.63, 3.8) is 0 Å². The molecule has 0 aliphatic heterocycles. The van der Waals surface area contributed by atoms with Gasteiger partial charge < -0.3 is 0 Å². The largest absolute Gasteiger partial charge is 0.284 e. The van der Waals surface area contributed by atoms with Crippen LogP contribution in [0.15, 0.2) is 97.1 Å². The molecule has 33 heavy (non-hydrogen) atoms. The van der Waals surface area contributed by atoms with Crippen LogP contribution >= 0.6 is 0 Å². The molecular formula is C29H27NO2S. The van der Waals surface area contributed by atoms with Crippen molar-refractivity contribution in [3.8, 4) is 11.1 Å². The molecule has 4 aromatic rings. The molecule has 0 saturated heterocycles. The Morgan fingerprint density at radius 1 is 0.727 bits per heavy atom. The quantitative estimate of drug-likeness (QED) is 0.391. The highest BCUT2D eigenvalue weighted by atomic mass is 32.2. The predicted octanol–water partition coefficient (Wildman–Crippen LogP) is 6.20. The molecule has 0 saturated carbocycles. The van der Waals surface area contributed by atoms with Gasteiger partial charge in [-0.1, -0.05) is 84.9 Å². The fraction of sp³-hybridized carbons (Fsp3) is 0.172. The molecule has 1 atom stereocenters. The average molecular weight is 454 g/mol. The molecule has 0 amide bonds. The molecule has 0 bridgehead atoms. The Bertz CT molecular complexity index is 1390. The van der Waals surface area contributed by atoms with Gasteiger partial charge in [0, 0.05) is 11.6 Å². The van der Waals surface area contributed by atoms with E-state index in [4.69, 9.17) is 0 Å². The number of rotatable bonds is 5. The number of anilines is 1. The van der Waals surface area contributed by atoms with Crippen LogP contribution < -0.4 is 4.72 Å². The zero-order valence-electron chi connectivity index (χ0n) is 18.7. The van der Waals surface area contributed by atoms with Crippen LogP contribution in [0.2, 0.25) is 0 Å². The van der Waals surface area contributed by atoms with E-state index in [0.717, 1.165) is 24.8 Å². The van der Waals surface area contributed by atoms with E-state index in [1.54, 1.807) is 6.07 Å². The van der Waals surface area contributed by atoms with E-state index in [2.05, 4.69) is 77.5 Å². The van der Waals surface area contributed by atoms with E-state index >= 15 is 0 Å². The SMILES string of the molecule is CS(=O)(=O)Nc1cccc(CC2c3ccccc3CCc3cc(-c4ccccc4)ccc32)c1. The Morgan fingerprint density at radius 2 is 1.45 bits per heavy atom. The first-order valence-electron chi connectivity index (χ1n) is 11.3. The molecule has 1 N–H and O–H groups in total. The van der Waals surface area contributed by atoms with Gasteiger partial charge in [-0.25, -0.2) is 8.42 Å². The molecule has 0 radical (unpaired) electrons. The first-order chi connectivity index (χ1) is 16.0. The van der Waals surface area contributed by atoms with Crippen LogP contribution in [-0.4, -0.2) is 14.7 Å². The van der Waals surface area contributed by atoms with Crippen molar-refractivity contribution in [1.29, 1.82) is 0 Å². The Kier molecular flexibility index (Phi) is 5.77. The van der Waals surface area contributed by atoms with Crippen LogP contribution in [0, 0.1) is 0 Å². The monoisotopic (exact) mass is 453 g/mol. The van der Waals surface area contributed by atoms with Gasteiger partial charge in [0.25, 0.3) is 0 Å². The van der Waals surface area contributed by atoms with Crippen LogP contribution in [0.25, 0.3) is 11.1 Å². The topological polar surface area (TPSA) is 46.2 Å². The van der Waals surface area contributed by atoms with Gasteiger partial charge in [0.2, 0.25) is 10.0 Å². The fourth-order valence-electron chi connectivity index (χ4n) is 4.94. The Morgan fingerprint density at radius 3 is 2.27 bits per heavy atom. The van der Waals surface area contributed by atoms with Gasteiger partial charge in [0.1, 0.15) is 0 Å². The Hall–Kier alpha value is -3.37. The van der Waals surface area contributed by atoms with Crippen molar-refractivity contribution in [2.24, 2.45) is 0 Å². The molecule has 4 aromatic carbocycles. The van der Waals surface area contributed by atoms with E-state index in [1.165, 1.54) is 39.6 Å². The third-order valence-corrected chi connectivity index (χ3v) is 7.00. The molecule has 0 aromatic heterocycles. The van der Waals surface area contributed by atoms with Crippen molar-refractivity contribution in [1.82, 2.24) is 0 Å². The van der Waals surface area contributed by atoms with E-state index in [1.807, 2.05) is 18.2 Å². The van der Waals surface area contributed by atoms with Gasteiger partial charge in [0.05, 0.1) is 6.26 Å². The van der Waals surface area contributed by atoms with Gasteiger partial charge in [0.15, 0.2) is 0 Å². The van der Waals surface area contributed by atoms with E-state index in [9.17, 15) is 8.42 Å². The lowest BCUT2D eigenvalue weighted by Crippen LogP contribution is -2.11. The lowest BCUT2D eigenvalue weighted by atomic mass is 9.83. The summed E-state index contributed by atoms with van der Waals surface area (Å²) in [6.45, 7) is 0. The molecule has 1 aliphatic carbocycles. The van der Waals surface area contributed by atoms with Crippen LogP contribution in [-0.2, 0) is 29.3 Å². The average Bonchev–Trinajstić information content (AvgIpc) is 2.96. The van der Waals surface area contributed by atoms with Gasteiger partial charge in [-0.2, -0.15) is 0 Å². The number of benzene rings is 4. The molecule has 0 heterocycles. The molecule has 3 nitrogen and oxygen atoms in total. The third kappa shape index (κ3) is 4.86. The Labute approximate surface area is 196 Å². The maximum absolute atomic E-state index is 11.7. The number of sulfonamides is 1. The summed E-state index contributed by atoms with van der Waals surface area (Å²) < 4.78 is 26.0. The first kappa shape index (κ1) is 21.5. The molecule has 1 aliphatic rings. The number of hydrogen-bond acceptors (Lipinski definition) is 2. The molecule has 4 heteroatoms. The predicted molar refractivity (Wildman–Crippen MR) is 136 cm³/mol. The summed E-state index contributed by atoms with van der Waals surface area (Å²) in [7, 11) is -3.31. The van der Waals surface area contributed by atoms with Crippen molar-refractivity contribution < 1.29 is 8.42 Å². The summed E-state index contributed by atoms with van der Waals surface area (Å²) in [5, 5.41) is 0. The highest BCUT2D eigenvalue weighted by Crippen LogP contribution is 2.38. The minimum absolute atomic E-state index is 0.219. The highest BCUT2D eigenvalue weighted by Gasteiger charge is 2.24. The molecule has 1 unspecified atom stereocenters. The zero-order chi connectivity index (χ0) is 22.8. The summed E-state index contributed by atoms with van der Waals surface area (Å²) in [5.74, 6) is 0.219. The van der Waals surface area contributed by atoms with E-state index in [-0.39, 0.29) is 5.92 Å². The van der Waals surface area contributed by atoms with Crippen LogP contribution in [0.1, 0.15) is 33.7 Å². The standard InChI is InChI=1S/C29H27NO2S/c1-33(31,32)30-26-12-7-8-21(18-26)19-29-27-13-6-5-11-23(27)14-15-25-20-24(16-17-28(25)29)22-9-3-2-4-10-22/h2-13,16-18,20,29-30H,14-15,19H2,1H3. The lowest BCUT2D eigenvalue weighted by molar-refractivity contribution is 0.607. The summed E-state index contributed by atoms with van der Waals surface area (Å²) in [5.41, 5.74) is 9.72. The maximum Gasteiger partial charge on any atom is 0.229 e. The number of fused-ring (bicyclic) bond motifs is 2. The van der Waals surface area contributed by atoms with Gasteiger partial charge in [-0.05, 0) is 70.3 Å². The van der Waals surface area contributed by atoms with Crippen molar-refractivity contribution in [2.45, 2.75) is 25.2 Å². The van der Waals surface area contributed by atoms with Crippen LogP contribution in [0.5, 0.6) is 0 Å². The molecule has 0 fully saturated rings. The van der Waals surface area contributed by atoms with Gasteiger partial charge in [-0.15, -0.1) is 0 Å². The maximum atomic E-state index is 11.7. The second-order valence-corrected chi connectivity index (χ2v) is 10.6. The smallest absolute Gasteiger partial charge is 0.229 e. The number of nitrogens with one attached hydrogen (secondary N) is 1. The summed E-state index contributed by atoms with van der Waals surface area (Å²) >= 11 is 0. The minimum atomic E-state index is -3.31. The van der Waals surface area contributed by atoms with Gasteiger partial charge in [-0.3, -0.25) is 4.72 Å².